The predicted octanol–water partition coefficient (Wildman–Crippen LogP) is 3.94. The second-order valence-electron chi connectivity index (χ2n) is 2.71. The Morgan fingerprint density at radius 2 is 1.20 bits per heavy atom. The highest BCUT2D eigenvalue weighted by molar-refractivity contribution is 14.1. The molecule has 0 radical (unpaired) electrons. The minimum atomic E-state index is 1.17. The van der Waals surface area contributed by atoms with Crippen LogP contribution in [0.1, 0.15) is 0 Å². The standard InChI is InChI=1S/C13H12IN/c14-13-9-6-4-2-1-3-5-7-11-15-12-8-10-13/h1-12H. The van der Waals surface area contributed by atoms with E-state index in [0.717, 1.165) is 0 Å². The minimum absolute atomic E-state index is 1.17. The maximum atomic E-state index is 4.08. The maximum Gasteiger partial charge on any atom is 0.0268 e. The first-order chi connectivity index (χ1) is 7.39. The lowest BCUT2D eigenvalue weighted by atomic mass is 10.4. The number of halogens is 1. The molecule has 1 nitrogen and oxygen atoms in total. The smallest absolute Gasteiger partial charge is 0.0268 e. The van der Waals surface area contributed by atoms with Gasteiger partial charge < -0.3 is 0 Å². The molecule has 0 aliphatic heterocycles. The van der Waals surface area contributed by atoms with E-state index < -0.39 is 0 Å². The summed E-state index contributed by atoms with van der Waals surface area (Å²) in [5.74, 6) is 0. The third-order valence-electron chi connectivity index (χ3n) is 1.52. The van der Waals surface area contributed by atoms with Crippen molar-refractivity contribution in [3.63, 3.8) is 0 Å². The van der Waals surface area contributed by atoms with Gasteiger partial charge in [-0.3, -0.25) is 4.98 Å². The fraction of sp³-hybridized carbons (Fsp3) is 0. The summed E-state index contributed by atoms with van der Waals surface area (Å²) in [5.41, 5.74) is 0. The molecule has 0 atom stereocenters. The summed E-state index contributed by atoms with van der Waals surface area (Å²) in [7, 11) is 0. The third-order valence-corrected chi connectivity index (χ3v) is 2.24. The number of hydrogen-bond acceptors (Lipinski definition) is 1. The monoisotopic (exact) mass is 309 g/mol. The molecular weight excluding hydrogens is 297 g/mol. The van der Waals surface area contributed by atoms with Crippen LogP contribution in [-0.4, -0.2) is 4.98 Å². The van der Waals surface area contributed by atoms with Crippen LogP contribution in [0, 0.1) is 3.57 Å². The van der Waals surface area contributed by atoms with Gasteiger partial charge in [0.1, 0.15) is 0 Å². The summed E-state index contributed by atoms with van der Waals surface area (Å²) in [6.07, 6.45) is 3.52. The van der Waals surface area contributed by atoms with Gasteiger partial charge >= 0.3 is 0 Å². The number of rotatable bonds is 0. The number of aromatic nitrogens is 1. The first-order valence-electron chi connectivity index (χ1n) is 4.62. The highest BCUT2D eigenvalue weighted by Gasteiger charge is 1.71. The molecular formula is C13H12IN. The quantitative estimate of drug-likeness (QED) is 0.662. The molecule has 0 aromatic carbocycles. The summed E-state index contributed by atoms with van der Waals surface area (Å²) < 4.78 is 1.17. The van der Waals surface area contributed by atoms with Crippen LogP contribution >= 0.6 is 22.6 Å². The van der Waals surface area contributed by atoms with Crippen LogP contribution in [0.25, 0.3) is 0 Å². The lowest BCUT2D eigenvalue weighted by Crippen LogP contribution is -1.60. The predicted molar refractivity (Wildman–Crippen MR) is 72.2 cm³/mol. The van der Waals surface area contributed by atoms with Crippen LogP contribution in [0.15, 0.2) is 73.1 Å². The molecule has 0 aliphatic rings. The molecule has 1 heterocycles. The van der Waals surface area contributed by atoms with E-state index in [2.05, 4.69) is 27.6 Å². The topological polar surface area (TPSA) is 12.9 Å². The highest BCUT2D eigenvalue weighted by atomic mass is 127. The number of hydrogen-bond donors (Lipinski definition) is 0. The van der Waals surface area contributed by atoms with Gasteiger partial charge in [-0.2, -0.15) is 0 Å². The molecule has 0 saturated carbocycles. The van der Waals surface area contributed by atoms with Crippen molar-refractivity contribution in [2.75, 3.05) is 0 Å². The molecule has 0 saturated heterocycles. The Morgan fingerprint density at radius 3 is 2.00 bits per heavy atom. The zero-order valence-electron chi connectivity index (χ0n) is 8.25. The van der Waals surface area contributed by atoms with Crippen molar-refractivity contribution in [3.05, 3.63) is 76.6 Å². The normalized spacial score (nSPS) is 8.33. The van der Waals surface area contributed by atoms with E-state index in [9.17, 15) is 0 Å². The lowest BCUT2D eigenvalue weighted by molar-refractivity contribution is 1.35. The molecule has 0 N–H and O–H groups in total. The first-order valence-corrected chi connectivity index (χ1v) is 5.69. The van der Waals surface area contributed by atoms with Gasteiger partial charge in [-0.05, 0) is 46.9 Å². The van der Waals surface area contributed by atoms with Crippen LogP contribution in [0.2, 0.25) is 0 Å². The molecule has 2 heteroatoms. The highest BCUT2D eigenvalue weighted by Crippen LogP contribution is 1.97. The summed E-state index contributed by atoms with van der Waals surface area (Å²) in [4.78, 5) is 4.08. The lowest BCUT2D eigenvalue weighted by Gasteiger charge is -1.77. The second-order valence-corrected chi connectivity index (χ2v) is 3.95. The molecule has 1 aromatic rings. The van der Waals surface area contributed by atoms with E-state index in [1.807, 2.05) is 60.7 Å². The summed E-state index contributed by atoms with van der Waals surface area (Å²) in [6.45, 7) is 0. The van der Waals surface area contributed by atoms with Crippen LogP contribution in [0.4, 0.5) is 0 Å². The third kappa shape index (κ3) is 6.85. The van der Waals surface area contributed by atoms with Gasteiger partial charge in [0.25, 0.3) is 0 Å². The molecule has 0 fully saturated rings. The van der Waals surface area contributed by atoms with Gasteiger partial charge in [0.15, 0.2) is 0 Å². The number of nitrogens with zero attached hydrogens (tertiary/aromatic N) is 1. The molecule has 0 spiro atoms. The molecule has 76 valence electrons. The van der Waals surface area contributed by atoms with Gasteiger partial charge in [0, 0.05) is 16.0 Å². The van der Waals surface area contributed by atoms with E-state index in [4.69, 9.17) is 0 Å². The van der Waals surface area contributed by atoms with Gasteiger partial charge in [-0.1, -0.05) is 36.4 Å². The minimum Gasteiger partial charge on any atom is -0.265 e. The molecule has 0 unspecified atom stereocenters. The van der Waals surface area contributed by atoms with Crippen molar-refractivity contribution >= 4 is 22.6 Å². The average Bonchev–Trinajstić information content (AvgIpc) is 2.24. The van der Waals surface area contributed by atoms with Crippen molar-refractivity contribution in [1.82, 2.24) is 4.98 Å². The SMILES string of the molecule is Ic1cccccccccnccc1. The molecule has 0 amide bonds. The largest absolute Gasteiger partial charge is 0.265 e. The van der Waals surface area contributed by atoms with Gasteiger partial charge in [-0.25, -0.2) is 0 Å². The molecule has 15 heavy (non-hydrogen) atoms. The zero-order chi connectivity index (χ0) is 10.8. The second kappa shape index (κ2) is 8.17. The maximum absolute atomic E-state index is 4.08. The summed E-state index contributed by atoms with van der Waals surface area (Å²) in [6, 6.07) is 19.7. The van der Waals surface area contributed by atoms with Gasteiger partial charge in [0.2, 0.25) is 0 Å². The van der Waals surface area contributed by atoms with E-state index in [1.165, 1.54) is 3.57 Å². The van der Waals surface area contributed by atoms with Crippen LogP contribution < -0.4 is 0 Å². The van der Waals surface area contributed by atoms with Crippen LogP contribution in [0.3, 0.4) is 0 Å². The van der Waals surface area contributed by atoms with E-state index >= 15 is 0 Å². The fourth-order valence-corrected chi connectivity index (χ4v) is 1.27. The molecule has 0 bridgehead atoms. The van der Waals surface area contributed by atoms with Crippen LogP contribution in [0.5, 0.6) is 0 Å². The van der Waals surface area contributed by atoms with Crippen molar-refractivity contribution in [1.29, 1.82) is 0 Å². The van der Waals surface area contributed by atoms with Crippen molar-refractivity contribution in [3.8, 4) is 0 Å². The Morgan fingerprint density at radius 1 is 0.667 bits per heavy atom. The van der Waals surface area contributed by atoms with Crippen LogP contribution in [-0.2, 0) is 0 Å². The Hall–Kier alpha value is -1.16. The summed E-state index contributed by atoms with van der Waals surface area (Å²) in [5, 5.41) is 0. The average molecular weight is 309 g/mol. The molecule has 1 aromatic heterocycles. The Balaban J connectivity index is 3.11. The zero-order valence-corrected chi connectivity index (χ0v) is 10.4. The van der Waals surface area contributed by atoms with Crippen molar-refractivity contribution in [2.45, 2.75) is 0 Å². The van der Waals surface area contributed by atoms with E-state index in [-0.39, 0.29) is 0 Å². The Bertz CT molecular complexity index is 366. The van der Waals surface area contributed by atoms with E-state index in [0.29, 0.717) is 0 Å². The first kappa shape index (κ1) is 11.9. The van der Waals surface area contributed by atoms with Gasteiger partial charge in [-0.15, -0.1) is 0 Å². The van der Waals surface area contributed by atoms with Gasteiger partial charge in [0.05, 0.1) is 0 Å². The summed E-state index contributed by atoms with van der Waals surface area (Å²) >= 11 is 2.27. The van der Waals surface area contributed by atoms with E-state index in [1.54, 1.807) is 12.4 Å². The van der Waals surface area contributed by atoms with Crippen molar-refractivity contribution < 1.29 is 0 Å². The van der Waals surface area contributed by atoms with Crippen molar-refractivity contribution in [2.24, 2.45) is 0 Å². The molecule has 1 rings (SSSR count). The Labute approximate surface area is 104 Å². The Kier molecular flexibility index (Phi) is 6.49. The fourth-order valence-electron chi connectivity index (χ4n) is 0.858. The molecule has 0 aliphatic carbocycles.